The van der Waals surface area contributed by atoms with Crippen LogP contribution in [0.25, 0.3) is 0 Å². The highest BCUT2D eigenvalue weighted by molar-refractivity contribution is 6.30. The summed E-state index contributed by atoms with van der Waals surface area (Å²) in [6, 6.07) is 6.78. The number of nitrogens with one attached hydrogen (secondary N) is 1. The molecule has 1 aromatic carbocycles. The summed E-state index contributed by atoms with van der Waals surface area (Å²) >= 11 is 5.84. The van der Waals surface area contributed by atoms with Crippen molar-refractivity contribution >= 4 is 28.9 Å². The van der Waals surface area contributed by atoms with Crippen LogP contribution in [-0.4, -0.2) is 18.0 Å². The number of amides is 1. The summed E-state index contributed by atoms with van der Waals surface area (Å²) in [7, 11) is 1.49. The van der Waals surface area contributed by atoms with Gasteiger partial charge in [0.25, 0.3) is 5.91 Å². The van der Waals surface area contributed by atoms with Gasteiger partial charge < -0.3 is 15.8 Å². The van der Waals surface area contributed by atoms with E-state index in [-0.39, 0.29) is 5.91 Å². The molecule has 0 aliphatic heterocycles. The summed E-state index contributed by atoms with van der Waals surface area (Å²) in [5.74, 6) is 0.0598. The Kier molecular flexibility index (Phi) is 4.10. The second kappa shape index (κ2) is 5.79. The van der Waals surface area contributed by atoms with Crippen molar-refractivity contribution in [2.24, 2.45) is 0 Å². The normalized spacial score (nSPS) is 10.2. The van der Waals surface area contributed by atoms with Crippen LogP contribution in [0.3, 0.4) is 0 Å². The molecule has 2 rings (SSSR count). The molecule has 20 heavy (non-hydrogen) atoms. The number of rotatable bonds is 3. The fourth-order valence-electron chi connectivity index (χ4n) is 1.78. The third-order valence-electron chi connectivity index (χ3n) is 2.78. The molecule has 0 spiro atoms. The molecule has 6 heteroatoms. The Morgan fingerprint density at radius 3 is 2.85 bits per heavy atom. The standard InChI is InChI=1S/C14H14ClN3O2/c1-8-6-9(7-17-13(8)15)18-14(19)12-10(16)4-3-5-11(12)20-2/h3-7H,16H2,1-2H3,(H,18,19). The van der Waals surface area contributed by atoms with Gasteiger partial charge in [0.15, 0.2) is 0 Å². The molecule has 0 saturated carbocycles. The predicted octanol–water partition coefficient (Wildman–Crippen LogP) is 2.89. The van der Waals surface area contributed by atoms with Crippen LogP contribution in [0.2, 0.25) is 5.15 Å². The number of halogens is 1. The van der Waals surface area contributed by atoms with Crippen LogP contribution in [0.4, 0.5) is 11.4 Å². The molecule has 0 fully saturated rings. The number of aryl methyl sites for hydroxylation is 1. The lowest BCUT2D eigenvalue weighted by Gasteiger charge is -2.11. The molecule has 0 radical (unpaired) electrons. The maximum Gasteiger partial charge on any atom is 0.261 e. The predicted molar refractivity (Wildman–Crippen MR) is 79.3 cm³/mol. The van der Waals surface area contributed by atoms with Gasteiger partial charge in [-0.15, -0.1) is 0 Å². The minimum Gasteiger partial charge on any atom is -0.496 e. The molecule has 5 nitrogen and oxygen atoms in total. The monoisotopic (exact) mass is 291 g/mol. The number of carbonyl (C=O) groups is 1. The molecule has 0 bridgehead atoms. The van der Waals surface area contributed by atoms with Crippen molar-refractivity contribution in [2.45, 2.75) is 6.92 Å². The number of methoxy groups -OCH3 is 1. The van der Waals surface area contributed by atoms with Gasteiger partial charge in [0.1, 0.15) is 16.5 Å². The minimum absolute atomic E-state index is 0.294. The molecule has 2 aromatic rings. The SMILES string of the molecule is COc1cccc(N)c1C(=O)Nc1cnc(Cl)c(C)c1. The maximum absolute atomic E-state index is 12.3. The number of anilines is 2. The van der Waals surface area contributed by atoms with Gasteiger partial charge in [-0.1, -0.05) is 17.7 Å². The molecule has 3 N–H and O–H groups in total. The van der Waals surface area contributed by atoms with Crippen LogP contribution in [0.1, 0.15) is 15.9 Å². The molecular weight excluding hydrogens is 278 g/mol. The summed E-state index contributed by atoms with van der Waals surface area (Å²) in [5.41, 5.74) is 7.79. The highest BCUT2D eigenvalue weighted by Crippen LogP contribution is 2.25. The number of aromatic nitrogens is 1. The Bertz CT molecular complexity index is 659. The lowest BCUT2D eigenvalue weighted by molar-refractivity contribution is 0.102. The van der Waals surface area contributed by atoms with Crippen molar-refractivity contribution in [3.05, 3.63) is 46.7 Å². The largest absolute Gasteiger partial charge is 0.496 e. The molecule has 0 atom stereocenters. The first-order valence-corrected chi connectivity index (χ1v) is 6.26. The van der Waals surface area contributed by atoms with E-state index < -0.39 is 0 Å². The van der Waals surface area contributed by atoms with E-state index in [1.165, 1.54) is 13.3 Å². The van der Waals surface area contributed by atoms with E-state index in [1.807, 2.05) is 6.92 Å². The number of benzene rings is 1. The smallest absolute Gasteiger partial charge is 0.261 e. The number of pyridine rings is 1. The van der Waals surface area contributed by atoms with Gasteiger partial charge in [0.05, 0.1) is 19.0 Å². The summed E-state index contributed by atoms with van der Waals surface area (Å²) in [6.07, 6.45) is 1.48. The van der Waals surface area contributed by atoms with E-state index in [0.29, 0.717) is 27.8 Å². The van der Waals surface area contributed by atoms with Crippen molar-refractivity contribution in [1.82, 2.24) is 4.98 Å². The Hall–Kier alpha value is -2.27. The average Bonchev–Trinajstić information content (AvgIpc) is 2.42. The second-order valence-electron chi connectivity index (χ2n) is 4.21. The molecule has 0 saturated heterocycles. The second-order valence-corrected chi connectivity index (χ2v) is 4.57. The Morgan fingerprint density at radius 2 is 2.20 bits per heavy atom. The molecule has 104 valence electrons. The Morgan fingerprint density at radius 1 is 1.45 bits per heavy atom. The Labute approximate surface area is 121 Å². The van der Waals surface area contributed by atoms with Crippen molar-refractivity contribution in [3.8, 4) is 5.75 Å². The third-order valence-corrected chi connectivity index (χ3v) is 3.17. The van der Waals surface area contributed by atoms with E-state index in [4.69, 9.17) is 22.1 Å². The fourth-order valence-corrected chi connectivity index (χ4v) is 1.88. The summed E-state index contributed by atoms with van der Waals surface area (Å²) < 4.78 is 5.15. The van der Waals surface area contributed by atoms with Crippen LogP contribution < -0.4 is 15.8 Å². The first kappa shape index (κ1) is 14.1. The number of ether oxygens (including phenoxy) is 1. The zero-order valence-electron chi connectivity index (χ0n) is 11.1. The third kappa shape index (κ3) is 2.83. The number of nitrogens with zero attached hydrogens (tertiary/aromatic N) is 1. The van der Waals surface area contributed by atoms with Crippen LogP contribution in [0, 0.1) is 6.92 Å². The van der Waals surface area contributed by atoms with Gasteiger partial charge in [-0.25, -0.2) is 4.98 Å². The van der Waals surface area contributed by atoms with E-state index in [9.17, 15) is 4.79 Å². The maximum atomic E-state index is 12.3. The van der Waals surface area contributed by atoms with Gasteiger partial charge in [0, 0.05) is 5.69 Å². The zero-order valence-corrected chi connectivity index (χ0v) is 11.9. The summed E-state index contributed by atoms with van der Waals surface area (Å²) in [4.78, 5) is 16.3. The number of hydrogen-bond donors (Lipinski definition) is 2. The topological polar surface area (TPSA) is 77.2 Å². The van der Waals surface area contributed by atoms with Gasteiger partial charge >= 0.3 is 0 Å². The molecule has 1 amide bonds. The molecular formula is C14H14ClN3O2. The Balaban J connectivity index is 2.30. The molecule has 1 heterocycles. The highest BCUT2D eigenvalue weighted by atomic mass is 35.5. The van der Waals surface area contributed by atoms with E-state index in [2.05, 4.69) is 10.3 Å². The quantitative estimate of drug-likeness (QED) is 0.673. The van der Waals surface area contributed by atoms with Gasteiger partial charge in [0.2, 0.25) is 0 Å². The lowest BCUT2D eigenvalue weighted by Crippen LogP contribution is -2.15. The van der Waals surface area contributed by atoms with Crippen molar-refractivity contribution < 1.29 is 9.53 Å². The highest BCUT2D eigenvalue weighted by Gasteiger charge is 2.16. The van der Waals surface area contributed by atoms with Gasteiger partial charge in [-0.05, 0) is 30.7 Å². The lowest BCUT2D eigenvalue weighted by atomic mass is 10.1. The van der Waals surface area contributed by atoms with Crippen LogP contribution in [0.5, 0.6) is 5.75 Å². The fraction of sp³-hybridized carbons (Fsp3) is 0.143. The van der Waals surface area contributed by atoms with E-state index in [1.54, 1.807) is 24.3 Å². The summed E-state index contributed by atoms with van der Waals surface area (Å²) in [6.45, 7) is 1.81. The number of carbonyl (C=O) groups excluding carboxylic acids is 1. The van der Waals surface area contributed by atoms with Crippen LogP contribution >= 0.6 is 11.6 Å². The van der Waals surface area contributed by atoms with Crippen LogP contribution in [0.15, 0.2) is 30.5 Å². The van der Waals surface area contributed by atoms with Crippen LogP contribution in [-0.2, 0) is 0 Å². The number of hydrogen-bond acceptors (Lipinski definition) is 4. The first-order chi connectivity index (χ1) is 9.52. The van der Waals surface area contributed by atoms with E-state index >= 15 is 0 Å². The van der Waals surface area contributed by atoms with Crippen molar-refractivity contribution in [2.75, 3.05) is 18.2 Å². The van der Waals surface area contributed by atoms with E-state index in [0.717, 1.165) is 5.56 Å². The molecule has 0 aliphatic rings. The minimum atomic E-state index is -0.358. The molecule has 0 unspecified atom stereocenters. The van der Waals surface area contributed by atoms with Crippen molar-refractivity contribution in [3.63, 3.8) is 0 Å². The van der Waals surface area contributed by atoms with Gasteiger partial charge in [-0.2, -0.15) is 0 Å². The number of nitrogens with two attached hydrogens (primary N) is 1. The average molecular weight is 292 g/mol. The van der Waals surface area contributed by atoms with Gasteiger partial charge in [-0.3, -0.25) is 4.79 Å². The molecule has 1 aromatic heterocycles. The van der Waals surface area contributed by atoms with Crippen molar-refractivity contribution in [1.29, 1.82) is 0 Å². The zero-order chi connectivity index (χ0) is 14.7. The summed E-state index contributed by atoms with van der Waals surface area (Å²) in [5, 5.41) is 3.12. The first-order valence-electron chi connectivity index (χ1n) is 5.89. The number of nitrogen functional groups attached to an aromatic ring is 1. The molecule has 0 aliphatic carbocycles.